The highest BCUT2D eigenvalue weighted by Crippen LogP contribution is 2.08. The maximum absolute atomic E-state index is 4.03. The minimum absolute atomic E-state index is 0.636. The largest absolute Gasteiger partial charge is 0.314 e. The fourth-order valence-corrected chi connectivity index (χ4v) is 1.84. The first-order chi connectivity index (χ1) is 6.86. The van der Waals surface area contributed by atoms with E-state index in [9.17, 15) is 0 Å². The minimum Gasteiger partial charge on any atom is -0.314 e. The van der Waals surface area contributed by atoms with Gasteiger partial charge in [-0.1, -0.05) is 0 Å². The number of hydrogen-bond acceptors (Lipinski definition) is 3. The quantitative estimate of drug-likeness (QED) is 0.752. The topological polar surface area (TPSA) is 28.2 Å². The third kappa shape index (κ3) is 2.30. The monoisotopic (exact) mass is 191 g/mol. The van der Waals surface area contributed by atoms with Crippen LogP contribution in [-0.4, -0.2) is 35.6 Å². The van der Waals surface area contributed by atoms with E-state index in [1.807, 2.05) is 12.4 Å². The molecule has 1 aromatic rings. The van der Waals surface area contributed by atoms with Gasteiger partial charge in [0.15, 0.2) is 0 Å². The van der Waals surface area contributed by atoms with Crippen LogP contribution in [0.5, 0.6) is 0 Å². The summed E-state index contributed by atoms with van der Waals surface area (Å²) in [5.41, 5.74) is 1.36. The van der Waals surface area contributed by atoms with E-state index >= 15 is 0 Å². The lowest BCUT2D eigenvalue weighted by molar-refractivity contribution is 0.165. The van der Waals surface area contributed by atoms with Crippen LogP contribution in [0.15, 0.2) is 24.5 Å². The van der Waals surface area contributed by atoms with Gasteiger partial charge in [0.2, 0.25) is 0 Å². The summed E-state index contributed by atoms with van der Waals surface area (Å²) in [6.07, 6.45) is 3.73. The van der Waals surface area contributed by atoms with Crippen molar-refractivity contribution >= 4 is 0 Å². The number of aromatic nitrogens is 1. The Bertz CT molecular complexity index is 273. The van der Waals surface area contributed by atoms with Crippen molar-refractivity contribution in [2.24, 2.45) is 0 Å². The van der Waals surface area contributed by atoms with Gasteiger partial charge in [-0.2, -0.15) is 0 Å². The number of piperazine rings is 1. The van der Waals surface area contributed by atoms with E-state index in [1.165, 1.54) is 5.56 Å². The lowest BCUT2D eigenvalue weighted by Crippen LogP contribution is -2.49. The van der Waals surface area contributed by atoms with Crippen LogP contribution < -0.4 is 5.32 Å². The Morgan fingerprint density at radius 2 is 2.29 bits per heavy atom. The van der Waals surface area contributed by atoms with E-state index < -0.39 is 0 Å². The molecule has 3 nitrogen and oxygen atoms in total. The maximum atomic E-state index is 4.03. The number of rotatable bonds is 2. The molecule has 1 aliphatic rings. The van der Waals surface area contributed by atoms with Crippen molar-refractivity contribution in [3.05, 3.63) is 30.1 Å². The van der Waals surface area contributed by atoms with Gasteiger partial charge in [0.1, 0.15) is 0 Å². The van der Waals surface area contributed by atoms with Gasteiger partial charge in [0.05, 0.1) is 0 Å². The number of pyridine rings is 1. The molecular formula is C11H17N3. The van der Waals surface area contributed by atoms with E-state index in [0.717, 1.165) is 26.2 Å². The third-order valence-corrected chi connectivity index (χ3v) is 2.77. The van der Waals surface area contributed by atoms with Crippen LogP contribution in [0.1, 0.15) is 12.5 Å². The summed E-state index contributed by atoms with van der Waals surface area (Å²) in [6.45, 7) is 6.67. The van der Waals surface area contributed by atoms with Crippen molar-refractivity contribution in [2.75, 3.05) is 19.6 Å². The molecule has 0 spiro atoms. The summed E-state index contributed by atoms with van der Waals surface area (Å²) in [7, 11) is 0. The van der Waals surface area contributed by atoms with E-state index in [4.69, 9.17) is 0 Å². The Balaban J connectivity index is 1.96. The molecule has 1 N–H and O–H groups in total. The van der Waals surface area contributed by atoms with Crippen LogP contribution in [0.25, 0.3) is 0 Å². The first-order valence-corrected chi connectivity index (χ1v) is 5.20. The van der Waals surface area contributed by atoms with Gasteiger partial charge in [-0.3, -0.25) is 9.88 Å². The van der Waals surface area contributed by atoms with Crippen LogP contribution in [0.2, 0.25) is 0 Å². The molecule has 2 rings (SSSR count). The van der Waals surface area contributed by atoms with Gasteiger partial charge in [0.25, 0.3) is 0 Å². The van der Waals surface area contributed by atoms with E-state index in [-0.39, 0.29) is 0 Å². The second-order valence-corrected chi connectivity index (χ2v) is 3.88. The summed E-state index contributed by atoms with van der Waals surface area (Å²) in [6, 6.07) is 4.82. The third-order valence-electron chi connectivity index (χ3n) is 2.77. The molecule has 0 aliphatic carbocycles. The van der Waals surface area contributed by atoms with Crippen LogP contribution in [-0.2, 0) is 6.54 Å². The van der Waals surface area contributed by atoms with Gasteiger partial charge >= 0.3 is 0 Å². The molecule has 0 amide bonds. The van der Waals surface area contributed by atoms with Crippen molar-refractivity contribution < 1.29 is 0 Å². The average Bonchev–Trinajstić information content (AvgIpc) is 2.23. The summed E-state index contributed by atoms with van der Waals surface area (Å²) in [5.74, 6) is 0. The van der Waals surface area contributed by atoms with E-state index in [0.29, 0.717) is 6.04 Å². The number of nitrogens with zero attached hydrogens (tertiary/aromatic N) is 2. The second kappa shape index (κ2) is 4.53. The molecule has 1 aliphatic heterocycles. The first-order valence-electron chi connectivity index (χ1n) is 5.20. The highest BCUT2D eigenvalue weighted by Gasteiger charge is 2.17. The highest BCUT2D eigenvalue weighted by molar-refractivity contribution is 5.09. The van der Waals surface area contributed by atoms with Gasteiger partial charge in [-0.15, -0.1) is 0 Å². The Morgan fingerprint density at radius 1 is 1.50 bits per heavy atom. The van der Waals surface area contributed by atoms with Gasteiger partial charge in [-0.05, 0) is 24.6 Å². The molecule has 0 aromatic carbocycles. The Kier molecular flexibility index (Phi) is 3.11. The predicted octanol–water partition coefficient (Wildman–Crippen LogP) is 0.875. The van der Waals surface area contributed by atoms with Gasteiger partial charge in [0, 0.05) is 44.6 Å². The first kappa shape index (κ1) is 9.62. The molecule has 2 heterocycles. The zero-order chi connectivity index (χ0) is 9.80. The molecule has 0 bridgehead atoms. The summed E-state index contributed by atoms with van der Waals surface area (Å²) in [4.78, 5) is 6.53. The summed E-state index contributed by atoms with van der Waals surface area (Å²) >= 11 is 0. The molecule has 0 saturated carbocycles. The Hall–Kier alpha value is -0.930. The van der Waals surface area contributed by atoms with Crippen LogP contribution in [0.4, 0.5) is 0 Å². The zero-order valence-corrected chi connectivity index (χ0v) is 8.61. The average molecular weight is 191 g/mol. The summed E-state index contributed by atoms with van der Waals surface area (Å²) in [5, 5.41) is 3.40. The van der Waals surface area contributed by atoms with Crippen LogP contribution >= 0.6 is 0 Å². The smallest absolute Gasteiger partial charge is 0.0271 e. The SMILES string of the molecule is C[C@H]1CNCCN1Cc1ccncc1. The molecule has 1 fully saturated rings. The molecule has 1 aromatic heterocycles. The van der Waals surface area contributed by atoms with Crippen LogP contribution in [0.3, 0.4) is 0 Å². The Labute approximate surface area is 85.1 Å². The molecule has 76 valence electrons. The zero-order valence-electron chi connectivity index (χ0n) is 8.61. The lowest BCUT2D eigenvalue weighted by atomic mass is 10.2. The van der Waals surface area contributed by atoms with E-state index in [2.05, 4.69) is 34.3 Å². The predicted molar refractivity (Wildman–Crippen MR) is 57.0 cm³/mol. The van der Waals surface area contributed by atoms with Crippen LogP contribution in [0, 0.1) is 0 Å². The Morgan fingerprint density at radius 3 is 3.00 bits per heavy atom. The molecule has 1 atom stereocenters. The van der Waals surface area contributed by atoms with Crippen molar-refractivity contribution in [3.8, 4) is 0 Å². The molecule has 14 heavy (non-hydrogen) atoms. The molecular weight excluding hydrogens is 174 g/mol. The van der Waals surface area contributed by atoms with Crippen molar-refractivity contribution in [2.45, 2.75) is 19.5 Å². The van der Waals surface area contributed by atoms with Crippen molar-refractivity contribution in [1.29, 1.82) is 0 Å². The molecule has 0 unspecified atom stereocenters. The molecule has 3 heteroatoms. The minimum atomic E-state index is 0.636. The molecule has 1 saturated heterocycles. The van der Waals surface area contributed by atoms with Gasteiger partial charge in [-0.25, -0.2) is 0 Å². The summed E-state index contributed by atoms with van der Waals surface area (Å²) < 4.78 is 0. The van der Waals surface area contributed by atoms with Crippen molar-refractivity contribution in [3.63, 3.8) is 0 Å². The fraction of sp³-hybridized carbons (Fsp3) is 0.545. The molecule has 0 radical (unpaired) electrons. The van der Waals surface area contributed by atoms with Gasteiger partial charge < -0.3 is 5.32 Å². The normalized spacial score (nSPS) is 23.6. The lowest BCUT2D eigenvalue weighted by Gasteiger charge is -2.33. The number of hydrogen-bond donors (Lipinski definition) is 1. The fourth-order valence-electron chi connectivity index (χ4n) is 1.84. The van der Waals surface area contributed by atoms with Crippen molar-refractivity contribution in [1.82, 2.24) is 15.2 Å². The highest BCUT2D eigenvalue weighted by atomic mass is 15.2. The van der Waals surface area contributed by atoms with E-state index in [1.54, 1.807) is 0 Å². The second-order valence-electron chi connectivity index (χ2n) is 3.88. The number of nitrogens with one attached hydrogen (secondary N) is 1. The maximum Gasteiger partial charge on any atom is 0.0271 e. The standard InChI is InChI=1S/C11H17N3/c1-10-8-13-6-7-14(10)9-11-2-4-12-5-3-11/h2-5,10,13H,6-9H2,1H3/t10-/m0/s1.